The minimum atomic E-state index is -2.59. The zero-order valence-electron chi connectivity index (χ0n) is 28.7. The van der Waals surface area contributed by atoms with Gasteiger partial charge in [0.1, 0.15) is 17.9 Å². The number of nitrogens with one attached hydrogen (secondary N) is 4. The number of halogens is 1. The lowest BCUT2D eigenvalue weighted by atomic mass is 10.0. The number of carbonyl (C=O) groups is 1. The molecule has 11 nitrogen and oxygen atoms in total. The summed E-state index contributed by atoms with van der Waals surface area (Å²) in [5.41, 5.74) is 3.78. The molecule has 50 heavy (non-hydrogen) atoms. The van der Waals surface area contributed by atoms with E-state index in [1.165, 1.54) is 6.20 Å². The second kappa shape index (κ2) is 15.6. The van der Waals surface area contributed by atoms with Crippen LogP contribution in [0.4, 0.5) is 34.5 Å². The summed E-state index contributed by atoms with van der Waals surface area (Å²) in [6.45, 7) is 13.4. The zero-order valence-corrected chi connectivity index (χ0v) is 30.4. The van der Waals surface area contributed by atoms with Crippen LogP contribution in [0.2, 0.25) is 5.02 Å². The average Bonchev–Trinajstić information content (AvgIpc) is 3.13. The minimum absolute atomic E-state index is 0.249. The summed E-state index contributed by atoms with van der Waals surface area (Å²) >= 11 is 6.53. The number of hydrogen-bond donors (Lipinski definition) is 4. The summed E-state index contributed by atoms with van der Waals surface area (Å²) in [5, 5.41) is 14.1. The van der Waals surface area contributed by atoms with Crippen LogP contribution in [0.1, 0.15) is 18.4 Å². The molecule has 2 saturated heterocycles. The smallest absolute Gasteiger partial charge is 0.255 e. The Hall–Kier alpha value is -4.41. The zero-order chi connectivity index (χ0) is 35.3. The first-order valence-electron chi connectivity index (χ1n) is 16.8. The number of rotatable bonds is 11. The van der Waals surface area contributed by atoms with Gasteiger partial charge in [0.25, 0.3) is 5.91 Å². The summed E-state index contributed by atoms with van der Waals surface area (Å²) in [5.74, 6) is 0.849. The van der Waals surface area contributed by atoms with Crippen LogP contribution in [-0.4, -0.2) is 86.5 Å². The number of ether oxygens (including phenoxy) is 1. The molecule has 4 aromatic rings. The molecule has 1 aromatic heterocycles. The molecule has 0 spiro atoms. The Morgan fingerprint density at radius 3 is 2.36 bits per heavy atom. The fourth-order valence-electron chi connectivity index (χ4n) is 6.50. The number of benzene rings is 3. The number of anilines is 6. The summed E-state index contributed by atoms with van der Waals surface area (Å²) < 4.78 is 18.9. The summed E-state index contributed by atoms with van der Waals surface area (Å²) in [4.78, 5) is 27.6. The first kappa shape index (κ1) is 35.4. The molecule has 0 saturated carbocycles. The highest BCUT2D eigenvalue weighted by Gasteiger charge is 2.28. The number of para-hydroxylation sites is 1. The van der Waals surface area contributed by atoms with Crippen LogP contribution in [0.3, 0.4) is 0 Å². The first-order valence-corrected chi connectivity index (χ1v) is 19.8. The van der Waals surface area contributed by atoms with Crippen LogP contribution in [0.25, 0.3) is 5.57 Å². The van der Waals surface area contributed by atoms with E-state index in [1.807, 2.05) is 66.7 Å². The van der Waals surface area contributed by atoms with Gasteiger partial charge in [-0.1, -0.05) is 60.6 Å². The van der Waals surface area contributed by atoms with Crippen molar-refractivity contribution in [3.05, 3.63) is 90.1 Å². The number of methoxy groups -OCH3 is 1. The van der Waals surface area contributed by atoms with Crippen LogP contribution in [-0.2, 0) is 9.36 Å². The molecule has 4 N–H and O–H groups in total. The maximum atomic E-state index is 13.6. The van der Waals surface area contributed by atoms with Gasteiger partial charge in [-0.25, -0.2) is 4.98 Å². The van der Waals surface area contributed by atoms with E-state index in [0.29, 0.717) is 50.6 Å². The van der Waals surface area contributed by atoms with E-state index in [9.17, 15) is 9.36 Å². The Morgan fingerprint density at radius 2 is 1.66 bits per heavy atom. The second-order valence-corrected chi connectivity index (χ2v) is 16.5. The maximum absolute atomic E-state index is 13.6. The van der Waals surface area contributed by atoms with Crippen LogP contribution in [0.5, 0.6) is 5.75 Å². The van der Waals surface area contributed by atoms with Crippen molar-refractivity contribution in [1.29, 1.82) is 0 Å². The van der Waals surface area contributed by atoms with Gasteiger partial charge in [0.15, 0.2) is 5.82 Å². The van der Waals surface area contributed by atoms with E-state index < -0.39 is 7.14 Å². The van der Waals surface area contributed by atoms with Crippen molar-refractivity contribution in [3.63, 3.8) is 0 Å². The normalized spacial score (nSPS) is 15.7. The van der Waals surface area contributed by atoms with E-state index in [0.717, 1.165) is 63.4 Å². The number of carbonyl (C=O) groups excluding carboxylic acids is 1. The molecule has 0 atom stereocenters. The molecule has 3 heterocycles. The molecule has 0 unspecified atom stereocenters. The number of amides is 1. The highest BCUT2D eigenvalue weighted by atomic mass is 35.5. The Bertz CT molecular complexity index is 1890. The van der Waals surface area contributed by atoms with Crippen molar-refractivity contribution in [2.24, 2.45) is 0 Å². The van der Waals surface area contributed by atoms with Gasteiger partial charge in [0.05, 0.1) is 36.1 Å². The van der Waals surface area contributed by atoms with Crippen LogP contribution < -0.4 is 36.2 Å². The largest absolute Gasteiger partial charge is 0.494 e. The number of aromatic nitrogens is 2. The monoisotopic (exact) mass is 714 g/mol. The number of hydrogen-bond acceptors (Lipinski definition) is 10. The molecule has 0 aliphatic carbocycles. The Balaban J connectivity index is 1.30. The van der Waals surface area contributed by atoms with Crippen molar-refractivity contribution in [2.75, 3.05) is 80.6 Å². The van der Waals surface area contributed by atoms with Crippen molar-refractivity contribution in [1.82, 2.24) is 20.2 Å². The van der Waals surface area contributed by atoms with Gasteiger partial charge >= 0.3 is 0 Å². The first-order chi connectivity index (χ1) is 24.1. The third kappa shape index (κ3) is 8.30. The molecule has 2 aliphatic heterocycles. The summed E-state index contributed by atoms with van der Waals surface area (Å²) in [7, 11) is -0.980. The molecule has 6 rings (SSSR count). The molecular formula is C37H44ClN8O3P. The highest BCUT2D eigenvalue weighted by molar-refractivity contribution is 7.70. The van der Waals surface area contributed by atoms with Crippen molar-refractivity contribution < 1.29 is 14.1 Å². The quantitative estimate of drug-likeness (QED) is 0.103. The lowest BCUT2D eigenvalue weighted by molar-refractivity contribution is -0.111. The van der Waals surface area contributed by atoms with E-state index in [4.69, 9.17) is 16.3 Å². The second-order valence-electron chi connectivity index (χ2n) is 12.9. The van der Waals surface area contributed by atoms with Gasteiger partial charge < -0.3 is 35.5 Å². The molecule has 3 aromatic carbocycles. The third-order valence-corrected chi connectivity index (χ3v) is 11.0. The molecule has 262 valence electrons. The highest BCUT2D eigenvalue weighted by Crippen LogP contribution is 2.41. The topological polar surface area (TPSA) is 124 Å². The van der Waals surface area contributed by atoms with E-state index in [1.54, 1.807) is 20.4 Å². The van der Waals surface area contributed by atoms with Gasteiger partial charge in [-0.15, -0.1) is 0 Å². The fourth-order valence-corrected chi connectivity index (χ4v) is 7.79. The standard InChI is InChI=1S/C37H44ClN8O3P/c1-25(26-10-6-5-7-11-26)36(47)42-30-22-31(33(49-2)23-32(30)46-18-14-27(15-19-46)45-20-16-39-17-21-45)43-37-40-24-28(38)35(44-37)41-29-12-8-9-13-34(29)50(3,4)48/h5-13,22-24,27,39H,1,14-21H2,2-4H3,(H,42,47)(H2,40,41,43,44). The van der Waals surface area contributed by atoms with Crippen LogP contribution in [0.15, 0.2) is 79.5 Å². The van der Waals surface area contributed by atoms with Crippen LogP contribution >= 0.6 is 18.7 Å². The average molecular weight is 715 g/mol. The van der Waals surface area contributed by atoms with Gasteiger partial charge in [-0.2, -0.15) is 4.98 Å². The van der Waals surface area contributed by atoms with Gasteiger partial charge in [0.2, 0.25) is 5.95 Å². The Morgan fingerprint density at radius 1 is 0.960 bits per heavy atom. The van der Waals surface area contributed by atoms with Crippen molar-refractivity contribution >= 4 is 70.0 Å². The van der Waals surface area contributed by atoms with E-state index in [2.05, 4.69) is 47.6 Å². The molecule has 1 amide bonds. The number of piperidine rings is 1. The summed E-state index contributed by atoms with van der Waals surface area (Å²) in [6.07, 6.45) is 3.54. The summed E-state index contributed by atoms with van der Waals surface area (Å²) in [6, 6.07) is 21.1. The molecule has 2 aliphatic rings. The predicted molar refractivity (Wildman–Crippen MR) is 206 cm³/mol. The SMILES string of the molecule is C=C(C(=O)Nc1cc(Nc2ncc(Cl)c(Nc3ccccc3P(C)(C)=O)n2)c(OC)cc1N1CCC(N2CCNCC2)CC1)c1ccccc1. The molecule has 13 heteroatoms. The van der Waals surface area contributed by atoms with Crippen LogP contribution in [0, 0.1) is 0 Å². The van der Waals surface area contributed by atoms with Gasteiger partial charge in [0, 0.05) is 62.3 Å². The van der Waals surface area contributed by atoms with E-state index >= 15 is 0 Å². The Kier molecular flexibility index (Phi) is 11.1. The number of piperazine rings is 1. The lowest BCUT2D eigenvalue weighted by Gasteiger charge is -2.41. The maximum Gasteiger partial charge on any atom is 0.255 e. The van der Waals surface area contributed by atoms with Gasteiger partial charge in [-0.05, 0) is 49.9 Å². The third-order valence-electron chi connectivity index (χ3n) is 9.16. The Labute approximate surface area is 298 Å². The van der Waals surface area contributed by atoms with Crippen molar-refractivity contribution in [2.45, 2.75) is 18.9 Å². The molecule has 0 radical (unpaired) electrons. The molecule has 0 bridgehead atoms. The molecule has 2 fully saturated rings. The van der Waals surface area contributed by atoms with Gasteiger partial charge in [-0.3, -0.25) is 9.69 Å². The minimum Gasteiger partial charge on any atom is -0.494 e. The fraction of sp³-hybridized carbons (Fsp3) is 0.324. The molecular weight excluding hydrogens is 671 g/mol. The van der Waals surface area contributed by atoms with Crippen molar-refractivity contribution in [3.8, 4) is 5.75 Å². The van der Waals surface area contributed by atoms with E-state index in [-0.39, 0.29) is 11.9 Å². The lowest BCUT2D eigenvalue weighted by Crippen LogP contribution is -2.52. The predicted octanol–water partition coefficient (Wildman–Crippen LogP) is 6.40. The number of nitrogens with zero attached hydrogens (tertiary/aromatic N) is 4.